The molecule has 0 aliphatic carbocycles. The minimum atomic E-state index is -0.548. The van der Waals surface area contributed by atoms with Crippen LogP contribution in [0.1, 0.15) is 10.4 Å². The summed E-state index contributed by atoms with van der Waals surface area (Å²) in [6.45, 7) is 0. The van der Waals surface area contributed by atoms with Crippen LogP contribution in [0.5, 0.6) is 0 Å². The fraction of sp³-hybridized carbons (Fsp3) is 0. The Kier molecular flexibility index (Phi) is 2.84. The highest BCUT2D eigenvalue weighted by atomic mass is 35.5. The van der Waals surface area contributed by atoms with Gasteiger partial charge in [0.05, 0.1) is 10.6 Å². The smallest absolute Gasteiger partial charge is 0.153 e. The largest absolute Gasteiger partial charge is 0.455 e. The van der Waals surface area contributed by atoms with Crippen LogP contribution in [0.2, 0.25) is 5.02 Å². The van der Waals surface area contributed by atoms with Gasteiger partial charge in [0.2, 0.25) is 0 Å². The normalized spacial score (nSPS) is 10.8. The van der Waals surface area contributed by atoms with Gasteiger partial charge in [0.15, 0.2) is 11.9 Å². The van der Waals surface area contributed by atoms with Gasteiger partial charge in [-0.15, -0.1) is 0 Å². The second kappa shape index (κ2) is 4.52. The Labute approximate surface area is 113 Å². The zero-order valence-corrected chi connectivity index (χ0v) is 10.4. The summed E-state index contributed by atoms with van der Waals surface area (Å²) in [4.78, 5) is 10.7. The number of hydrogen-bond donors (Lipinski definition) is 0. The van der Waals surface area contributed by atoms with Gasteiger partial charge < -0.3 is 4.42 Å². The summed E-state index contributed by atoms with van der Waals surface area (Å²) in [6.07, 6.45) is 0.481. The summed E-state index contributed by atoms with van der Waals surface area (Å²) in [5, 5.41) is 1.38. The Hall–Kier alpha value is -2.13. The van der Waals surface area contributed by atoms with Crippen molar-refractivity contribution in [3.05, 3.63) is 58.9 Å². The van der Waals surface area contributed by atoms with Crippen LogP contribution in [0.15, 0.2) is 46.9 Å². The molecule has 0 fully saturated rings. The summed E-state index contributed by atoms with van der Waals surface area (Å²) in [5.74, 6) is -0.000839. The molecular formula is C15H8ClFO2. The molecule has 0 bridgehead atoms. The van der Waals surface area contributed by atoms with E-state index in [0.717, 1.165) is 5.39 Å². The van der Waals surface area contributed by atoms with Crippen LogP contribution in [-0.4, -0.2) is 6.29 Å². The lowest BCUT2D eigenvalue weighted by Crippen LogP contribution is -1.87. The number of para-hydroxylation sites is 1. The lowest BCUT2D eigenvalue weighted by molar-refractivity contribution is 0.112. The van der Waals surface area contributed by atoms with Crippen LogP contribution in [0.4, 0.5) is 4.39 Å². The van der Waals surface area contributed by atoms with Crippen LogP contribution in [0.3, 0.4) is 0 Å². The summed E-state index contributed by atoms with van der Waals surface area (Å²) in [6, 6.07) is 11.5. The fourth-order valence-electron chi connectivity index (χ4n) is 1.96. The van der Waals surface area contributed by atoms with Crippen molar-refractivity contribution in [2.75, 3.05) is 0 Å². The van der Waals surface area contributed by atoms with Crippen molar-refractivity contribution in [1.82, 2.24) is 0 Å². The number of hydrogen-bond acceptors (Lipinski definition) is 2. The Morgan fingerprint density at radius 1 is 1.16 bits per heavy atom. The van der Waals surface area contributed by atoms with Gasteiger partial charge in [-0.05, 0) is 30.3 Å². The molecule has 19 heavy (non-hydrogen) atoms. The van der Waals surface area contributed by atoms with Crippen molar-refractivity contribution in [1.29, 1.82) is 0 Å². The molecule has 0 N–H and O–H groups in total. The number of aldehydes is 1. The highest BCUT2D eigenvalue weighted by molar-refractivity contribution is 6.34. The third kappa shape index (κ3) is 2.02. The molecule has 0 amide bonds. The number of benzene rings is 2. The van der Waals surface area contributed by atoms with Crippen LogP contribution in [-0.2, 0) is 0 Å². The molecule has 3 rings (SSSR count). The highest BCUT2D eigenvalue weighted by Crippen LogP contribution is 2.32. The maximum absolute atomic E-state index is 13.3. The van der Waals surface area contributed by atoms with E-state index in [4.69, 9.17) is 16.0 Å². The molecule has 0 saturated heterocycles. The van der Waals surface area contributed by atoms with Crippen LogP contribution in [0, 0.1) is 5.82 Å². The van der Waals surface area contributed by atoms with E-state index in [1.165, 1.54) is 12.1 Å². The number of furan rings is 1. The van der Waals surface area contributed by atoms with Crippen molar-refractivity contribution in [3.63, 3.8) is 0 Å². The molecule has 94 valence electrons. The van der Waals surface area contributed by atoms with E-state index in [1.54, 1.807) is 12.1 Å². The molecular weight excluding hydrogens is 267 g/mol. The molecule has 2 nitrogen and oxygen atoms in total. The van der Waals surface area contributed by atoms with E-state index in [-0.39, 0.29) is 5.56 Å². The summed E-state index contributed by atoms with van der Waals surface area (Å²) >= 11 is 6.03. The first-order chi connectivity index (χ1) is 9.19. The van der Waals surface area contributed by atoms with Gasteiger partial charge in [0.1, 0.15) is 11.6 Å². The van der Waals surface area contributed by atoms with E-state index >= 15 is 0 Å². The van der Waals surface area contributed by atoms with Gasteiger partial charge >= 0.3 is 0 Å². The van der Waals surface area contributed by atoms with Gasteiger partial charge in [-0.1, -0.05) is 23.7 Å². The number of fused-ring (bicyclic) bond motifs is 1. The third-order valence-corrected chi connectivity index (χ3v) is 3.20. The molecule has 0 saturated carbocycles. The molecule has 0 radical (unpaired) electrons. The van der Waals surface area contributed by atoms with Gasteiger partial charge in [-0.2, -0.15) is 0 Å². The lowest BCUT2D eigenvalue weighted by Gasteiger charge is -1.99. The van der Waals surface area contributed by atoms with E-state index in [9.17, 15) is 9.18 Å². The second-order valence-corrected chi connectivity index (χ2v) is 4.53. The lowest BCUT2D eigenvalue weighted by atomic mass is 10.1. The van der Waals surface area contributed by atoms with E-state index in [2.05, 4.69) is 0 Å². The van der Waals surface area contributed by atoms with Gasteiger partial charge in [-0.25, -0.2) is 4.39 Å². The monoisotopic (exact) mass is 274 g/mol. The maximum atomic E-state index is 13.3. The zero-order chi connectivity index (χ0) is 13.4. The third-order valence-electron chi connectivity index (χ3n) is 2.90. The standard InChI is InChI=1S/C15H8ClFO2/c16-12-3-1-2-10-7-14(19-15(10)12)9-4-5-13(17)11(6-9)8-18/h1-8H. The first kappa shape index (κ1) is 11.9. The Morgan fingerprint density at radius 3 is 2.74 bits per heavy atom. The number of halogens is 2. The summed E-state index contributed by atoms with van der Waals surface area (Å²) in [5.41, 5.74) is 1.22. The van der Waals surface area contributed by atoms with Gasteiger partial charge in [0.25, 0.3) is 0 Å². The van der Waals surface area contributed by atoms with Crippen LogP contribution >= 0.6 is 11.6 Å². The Bertz CT molecular complexity index is 777. The molecule has 0 unspecified atom stereocenters. The predicted molar refractivity (Wildman–Crippen MR) is 72.0 cm³/mol. The molecule has 3 aromatic rings. The van der Waals surface area contributed by atoms with E-state index in [1.807, 2.05) is 18.2 Å². The van der Waals surface area contributed by atoms with Crippen LogP contribution in [0.25, 0.3) is 22.3 Å². The molecule has 0 aliphatic heterocycles. The van der Waals surface area contributed by atoms with Crippen molar-refractivity contribution < 1.29 is 13.6 Å². The Balaban J connectivity index is 2.19. The molecule has 0 atom stereocenters. The molecule has 1 aromatic heterocycles. The number of carbonyl (C=O) groups is 1. The highest BCUT2D eigenvalue weighted by Gasteiger charge is 2.10. The van der Waals surface area contributed by atoms with E-state index in [0.29, 0.717) is 28.2 Å². The van der Waals surface area contributed by atoms with Gasteiger partial charge in [0, 0.05) is 10.9 Å². The van der Waals surface area contributed by atoms with E-state index < -0.39 is 5.82 Å². The first-order valence-electron chi connectivity index (χ1n) is 5.62. The summed E-state index contributed by atoms with van der Waals surface area (Å²) in [7, 11) is 0. The summed E-state index contributed by atoms with van der Waals surface area (Å²) < 4.78 is 18.9. The average Bonchev–Trinajstić information content (AvgIpc) is 2.85. The first-order valence-corrected chi connectivity index (χ1v) is 6.00. The van der Waals surface area contributed by atoms with Crippen molar-refractivity contribution in [2.45, 2.75) is 0 Å². The fourth-order valence-corrected chi connectivity index (χ4v) is 2.18. The zero-order valence-electron chi connectivity index (χ0n) is 9.69. The molecule has 4 heteroatoms. The van der Waals surface area contributed by atoms with Crippen LogP contribution < -0.4 is 0 Å². The second-order valence-electron chi connectivity index (χ2n) is 4.12. The average molecular weight is 275 g/mol. The topological polar surface area (TPSA) is 30.2 Å². The van der Waals surface area contributed by atoms with Crippen molar-refractivity contribution >= 4 is 28.9 Å². The predicted octanol–water partition coefficient (Wildman–Crippen LogP) is 4.70. The molecule has 2 aromatic carbocycles. The molecule has 0 spiro atoms. The van der Waals surface area contributed by atoms with Crippen molar-refractivity contribution in [2.24, 2.45) is 0 Å². The SMILES string of the molecule is O=Cc1cc(-c2cc3cccc(Cl)c3o2)ccc1F. The quantitative estimate of drug-likeness (QED) is 0.634. The minimum Gasteiger partial charge on any atom is -0.455 e. The number of carbonyl (C=O) groups excluding carboxylic acids is 1. The number of rotatable bonds is 2. The van der Waals surface area contributed by atoms with Gasteiger partial charge in [-0.3, -0.25) is 4.79 Å². The minimum absolute atomic E-state index is 0.00375. The molecule has 1 heterocycles. The molecule has 0 aliphatic rings. The maximum Gasteiger partial charge on any atom is 0.153 e. The Morgan fingerprint density at radius 2 is 2.00 bits per heavy atom. The van der Waals surface area contributed by atoms with Crippen molar-refractivity contribution in [3.8, 4) is 11.3 Å².